The predicted molar refractivity (Wildman–Crippen MR) is 124 cm³/mol. The van der Waals surface area contributed by atoms with E-state index < -0.39 is 15.0 Å². The Morgan fingerprint density at radius 1 is 1.19 bits per heavy atom. The lowest BCUT2D eigenvalue weighted by Crippen LogP contribution is -2.28. The first kappa shape index (κ1) is 25.0. The van der Waals surface area contributed by atoms with Crippen molar-refractivity contribution in [3.8, 4) is 5.75 Å². The average molecular weight is 467 g/mol. The molecule has 3 rings (SSSR count). The van der Waals surface area contributed by atoms with Gasteiger partial charge in [-0.05, 0) is 37.4 Å². The van der Waals surface area contributed by atoms with Gasteiger partial charge in [0.15, 0.2) is 5.43 Å². The standard InChI is InChI=1S/C19H22N4O4.CH4O3S/c1-3-22(4-2)10-9-20-15-7-8-16(23(26)27)18-17(15)19(25)13-11-12(24)5-6-14(13)21-18;1-5(2,3)4/h5-8,11,20,24H,3-4,9-10H2,1-2H3,(H,21,25);1H3,(H,2,3,4). The summed E-state index contributed by atoms with van der Waals surface area (Å²) in [5.74, 6) is -0.0335. The fourth-order valence-corrected chi connectivity index (χ4v) is 3.24. The number of rotatable bonds is 7. The molecule has 0 bridgehead atoms. The Morgan fingerprint density at radius 2 is 1.81 bits per heavy atom. The lowest BCUT2D eigenvalue weighted by molar-refractivity contribution is -0.383. The van der Waals surface area contributed by atoms with E-state index in [1.54, 1.807) is 6.07 Å². The molecule has 0 unspecified atom stereocenters. The Bertz CT molecular complexity index is 1280. The number of anilines is 1. The number of non-ortho nitro benzene ring substituents is 1. The number of hydrogen-bond donors (Lipinski definition) is 4. The highest BCUT2D eigenvalue weighted by molar-refractivity contribution is 7.85. The molecule has 0 atom stereocenters. The van der Waals surface area contributed by atoms with Gasteiger partial charge in [-0.25, -0.2) is 0 Å². The smallest absolute Gasteiger partial charge is 0.293 e. The van der Waals surface area contributed by atoms with Gasteiger partial charge in [0.1, 0.15) is 11.3 Å². The molecule has 12 heteroatoms. The van der Waals surface area contributed by atoms with Crippen LogP contribution in [0.5, 0.6) is 5.75 Å². The average Bonchev–Trinajstić information content (AvgIpc) is 2.70. The number of aromatic nitrogens is 1. The van der Waals surface area contributed by atoms with Crippen LogP contribution < -0.4 is 10.7 Å². The van der Waals surface area contributed by atoms with Crippen molar-refractivity contribution < 1.29 is 23.0 Å². The van der Waals surface area contributed by atoms with Crippen LogP contribution in [0.25, 0.3) is 21.8 Å². The third kappa shape index (κ3) is 6.39. The SMILES string of the molecule is CCN(CC)CCNc1ccc([N+](=O)[O-])c2[nH]c3ccc(O)cc3c(=O)c12.CS(=O)(=O)O. The molecule has 0 aliphatic rings. The molecule has 0 radical (unpaired) electrons. The number of aromatic hydroxyl groups is 1. The van der Waals surface area contributed by atoms with Crippen LogP contribution in [0.1, 0.15) is 13.8 Å². The summed E-state index contributed by atoms with van der Waals surface area (Å²) in [6.07, 6.45) is 0.715. The van der Waals surface area contributed by atoms with Crippen LogP contribution in [0.4, 0.5) is 11.4 Å². The Kier molecular flexibility index (Phi) is 8.14. The first-order valence-electron chi connectivity index (χ1n) is 9.81. The van der Waals surface area contributed by atoms with Crippen molar-refractivity contribution in [1.82, 2.24) is 9.88 Å². The van der Waals surface area contributed by atoms with Crippen molar-refractivity contribution in [3.05, 3.63) is 50.7 Å². The number of nitrogens with zero attached hydrogens (tertiary/aromatic N) is 2. The first-order chi connectivity index (χ1) is 15.0. The van der Waals surface area contributed by atoms with Crippen molar-refractivity contribution in [2.45, 2.75) is 13.8 Å². The number of phenols is 1. The zero-order valence-electron chi connectivity index (χ0n) is 18.0. The van der Waals surface area contributed by atoms with Crippen LogP contribution in [0.15, 0.2) is 35.1 Å². The highest BCUT2D eigenvalue weighted by Crippen LogP contribution is 2.30. The Hall–Kier alpha value is -3.22. The van der Waals surface area contributed by atoms with Crippen molar-refractivity contribution in [3.63, 3.8) is 0 Å². The van der Waals surface area contributed by atoms with Crippen LogP contribution in [0, 0.1) is 10.1 Å². The summed E-state index contributed by atoms with van der Waals surface area (Å²) in [7, 11) is -3.67. The minimum atomic E-state index is -3.67. The summed E-state index contributed by atoms with van der Waals surface area (Å²) >= 11 is 0. The quantitative estimate of drug-likeness (QED) is 0.177. The van der Waals surface area contributed by atoms with E-state index in [9.17, 15) is 28.4 Å². The molecule has 0 amide bonds. The highest BCUT2D eigenvalue weighted by atomic mass is 32.2. The molecule has 4 N–H and O–H groups in total. The van der Waals surface area contributed by atoms with Gasteiger partial charge in [-0.15, -0.1) is 0 Å². The summed E-state index contributed by atoms with van der Waals surface area (Å²) in [5, 5.41) is 24.9. The number of aromatic amines is 1. The molecule has 11 nitrogen and oxygen atoms in total. The maximum Gasteiger partial charge on any atom is 0.293 e. The monoisotopic (exact) mass is 466 g/mol. The van der Waals surface area contributed by atoms with E-state index in [-0.39, 0.29) is 33.2 Å². The van der Waals surface area contributed by atoms with E-state index in [1.807, 2.05) is 0 Å². The van der Waals surface area contributed by atoms with Gasteiger partial charge in [0.05, 0.1) is 22.1 Å². The molecule has 174 valence electrons. The molecular formula is C20H26N4O7S. The fraction of sp³-hybridized carbons (Fsp3) is 0.350. The molecule has 0 aliphatic heterocycles. The molecule has 1 heterocycles. The van der Waals surface area contributed by atoms with Crippen LogP contribution in [-0.4, -0.2) is 65.3 Å². The topological polar surface area (TPSA) is 166 Å². The molecular weight excluding hydrogens is 440 g/mol. The molecule has 0 saturated heterocycles. The second kappa shape index (κ2) is 10.4. The van der Waals surface area contributed by atoms with E-state index >= 15 is 0 Å². The zero-order chi connectivity index (χ0) is 24.1. The highest BCUT2D eigenvalue weighted by Gasteiger charge is 2.19. The Labute approximate surface area is 184 Å². The Balaban J connectivity index is 0.000000654. The van der Waals surface area contributed by atoms with E-state index in [2.05, 4.69) is 29.0 Å². The number of fused-ring (bicyclic) bond motifs is 2. The van der Waals surface area contributed by atoms with Gasteiger partial charge >= 0.3 is 0 Å². The summed E-state index contributed by atoms with van der Waals surface area (Å²) in [5.41, 5.74) is 0.633. The van der Waals surface area contributed by atoms with Gasteiger partial charge < -0.3 is 20.3 Å². The number of benzene rings is 2. The normalized spacial score (nSPS) is 11.4. The van der Waals surface area contributed by atoms with Crippen LogP contribution >= 0.6 is 0 Å². The largest absolute Gasteiger partial charge is 0.508 e. The van der Waals surface area contributed by atoms with Gasteiger partial charge in [0.25, 0.3) is 15.8 Å². The minimum absolute atomic E-state index is 0.0335. The third-order valence-electron chi connectivity index (χ3n) is 4.75. The van der Waals surface area contributed by atoms with E-state index in [0.29, 0.717) is 24.0 Å². The van der Waals surface area contributed by atoms with Gasteiger partial charge in [-0.1, -0.05) is 13.8 Å². The predicted octanol–water partition coefficient (Wildman–Crippen LogP) is 2.55. The summed E-state index contributed by atoms with van der Waals surface area (Å²) < 4.78 is 25.9. The molecule has 32 heavy (non-hydrogen) atoms. The number of likely N-dealkylation sites (N-methyl/N-ethyl adjacent to an activating group) is 1. The summed E-state index contributed by atoms with van der Waals surface area (Å²) in [6, 6.07) is 7.29. The minimum Gasteiger partial charge on any atom is -0.508 e. The van der Waals surface area contributed by atoms with Crippen molar-refractivity contribution >= 4 is 43.3 Å². The van der Waals surface area contributed by atoms with Gasteiger partial charge in [0.2, 0.25) is 0 Å². The van der Waals surface area contributed by atoms with Gasteiger partial charge in [-0.2, -0.15) is 8.42 Å². The van der Waals surface area contributed by atoms with Crippen molar-refractivity contribution in [1.29, 1.82) is 0 Å². The maximum atomic E-state index is 13.0. The van der Waals surface area contributed by atoms with Crippen LogP contribution in [-0.2, 0) is 10.1 Å². The van der Waals surface area contributed by atoms with Crippen molar-refractivity contribution in [2.75, 3.05) is 37.8 Å². The number of hydrogen-bond acceptors (Lipinski definition) is 8. The van der Waals surface area contributed by atoms with E-state index in [4.69, 9.17) is 4.55 Å². The third-order valence-corrected chi connectivity index (χ3v) is 4.75. The van der Waals surface area contributed by atoms with Crippen molar-refractivity contribution in [2.24, 2.45) is 0 Å². The second-order valence-corrected chi connectivity index (χ2v) is 8.48. The molecule has 1 aromatic heterocycles. The van der Waals surface area contributed by atoms with E-state index in [0.717, 1.165) is 19.6 Å². The van der Waals surface area contributed by atoms with Crippen LogP contribution in [0.3, 0.4) is 0 Å². The molecule has 0 saturated carbocycles. The number of nitro benzene ring substituents is 1. The van der Waals surface area contributed by atoms with Gasteiger partial charge in [0, 0.05) is 30.2 Å². The lowest BCUT2D eigenvalue weighted by Gasteiger charge is -2.19. The molecule has 0 fully saturated rings. The van der Waals surface area contributed by atoms with Gasteiger partial charge in [-0.3, -0.25) is 19.5 Å². The first-order valence-corrected chi connectivity index (χ1v) is 11.7. The molecule has 3 aromatic rings. The van der Waals surface area contributed by atoms with Crippen LogP contribution in [0.2, 0.25) is 0 Å². The van der Waals surface area contributed by atoms with E-state index in [1.165, 1.54) is 24.3 Å². The summed E-state index contributed by atoms with van der Waals surface area (Å²) in [6.45, 7) is 7.39. The maximum absolute atomic E-state index is 13.0. The Morgan fingerprint density at radius 3 is 2.38 bits per heavy atom. The molecule has 2 aromatic carbocycles. The number of nitrogens with one attached hydrogen (secondary N) is 2. The summed E-state index contributed by atoms with van der Waals surface area (Å²) in [4.78, 5) is 29.2. The number of H-pyrrole nitrogens is 1. The number of pyridine rings is 1. The molecule has 0 spiro atoms. The second-order valence-electron chi connectivity index (χ2n) is 7.01. The zero-order valence-corrected chi connectivity index (χ0v) is 18.8. The number of nitro groups is 1. The number of phenolic OH excluding ortho intramolecular Hbond substituents is 1. The fourth-order valence-electron chi connectivity index (χ4n) is 3.24. The lowest BCUT2D eigenvalue weighted by atomic mass is 10.1. The molecule has 0 aliphatic carbocycles.